The van der Waals surface area contributed by atoms with Crippen LogP contribution in [0.3, 0.4) is 0 Å². The van der Waals surface area contributed by atoms with Gasteiger partial charge in [-0.15, -0.1) is 0 Å². The van der Waals surface area contributed by atoms with Crippen molar-refractivity contribution in [3.63, 3.8) is 0 Å². The van der Waals surface area contributed by atoms with Gasteiger partial charge in [-0.05, 0) is 72.3 Å². The number of nitrogens with zero attached hydrogens (tertiary/aromatic N) is 2. The van der Waals surface area contributed by atoms with Crippen LogP contribution >= 0.6 is 11.3 Å². The maximum atomic E-state index is 14.8. The lowest BCUT2D eigenvalue weighted by atomic mass is 9.93. The molecule has 0 spiro atoms. The number of hydrogen-bond donors (Lipinski definition) is 2. The van der Waals surface area contributed by atoms with Crippen molar-refractivity contribution in [2.75, 3.05) is 0 Å². The number of benzene rings is 4. The Bertz CT molecular complexity index is 2260. The molecule has 45 heavy (non-hydrogen) atoms. The molecule has 0 saturated carbocycles. The number of rotatable bonds is 7. The van der Waals surface area contributed by atoms with E-state index in [1.54, 1.807) is 53.9 Å². The van der Waals surface area contributed by atoms with Gasteiger partial charge < -0.3 is 10.2 Å². The van der Waals surface area contributed by atoms with E-state index < -0.39 is 27.4 Å². The van der Waals surface area contributed by atoms with E-state index in [0.717, 1.165) is 5.56 Å². The monoisotopic (exact) mass is 636 g/mol. The third kappa shape index (κ3) is 5.11. The first-order valence-electron chi connectivity index (χ1n) is 13.7. The van der Waals surface area contributed by atoms with Crippen LogP contribution in [0.25, 0.3) is 49.3 Å². The Morgan fingerprint density at radius 3 is 2.29 bits per heavy atom. The zero-order chi connectivity index (χ0) is 32.1. The van der Waals surface area contributed by atoms with E-state index in [2.05, 4.69) is 4.85 Å². The number of fused-ring (bicyclic) bond motifs is 1. The van der Waals surface area contributed by atoms with Gasteiger partial charge in [0.25, 0.3) is 10.0 Å². The van der Waals surface area contributed by atoms with Gasteiger partial charge in [-0.3, -0.25) is 0 Å². The van der Waals surface area contributed by atoms with Crippen molar-refractivity contribution in [3.05, 3.63) is 131 Å². The maximum Gasteiger partial charge on any atom is 0.340 e. The first-order chi connectivity index (χ1) is 21.4. The van der Waals surface area contributed by atoms with Crippen LogP contribution in [-0.4, -0.2) is 28.6 Å². The Balaban J connectivity index is 1.66. The Morgan fingerprint density at radius 1 is 0.933 bits per heavy atom. The molecule has 6 rings (SSSR count). The van der Waals surface area contributed by atoms with E-state index >= 15 is 0 Å². The van der Waals surface area contributed by atoms with E-state index in [4.69, 9.17) is 6.57 Å². The highest BCUT2D eigenvalue weighted by molar-refractivity contribution is 7.90. The molecule has 1 unspecified atom stereocenters. The molecule has 2 N–H and O–H groups in total. The summed E-state index contributed by atoms with van der Waals surface area (Å²) in [5, 5.41) is 22.2. The van der Waals surface area contributed by atoms with E-state index in [-0.39, 0.29) is 21.7 Å². The summed E-state index contributed by atoms with van der Waals surface area (Å²) < 4.78 is 45.0. The average Bonchev–Trinajstić information content (AvgIpc) is 3.63. The van der Waals surface area contributed by atoms with E-state index in [9.17, 15) is 27.8 Å². The molecule has 0 fully saturated rings. The fourth-order valence-corrected chi connectivity index (χ4v) is 7.60. The fourth-order valence-electron chi connectivity index (χ4n) is 5.37. The number of aryl methyl sites for hydroxylation is 1. The topological polar surface area (TPSA) is 101 Å². The standard InChI is InChI=1S/C35H25FN2O5S2/c1-21-7-14-27(15-8-21)45(42,43)38-30-16-13-26(36)20-29(30)31(28-17-18-44-33(28)37-3)32(38)24-6-4-5-23(19-24)22-9-11-25(12-10-22)35(2,41)34(39)40/h4-20,41H,1-2H3,(H,39,40). The molecule has 0 aliphatic heterocycles. The Hall–Kier alpha value is -5.08. The Kier molecular flexibility index (Phi) is 7.41. The van der Waals surface area contributed by atoms with Gasteiger partial charge in [-0.2, -0.15) is 11.3 Å². The zero-order valence-electron chi connectivity index (χ0n) is 24.0. The molecule has 224 valence electrons. The van der Waals surface area contributed by atoms with E-state index in [0.29, 0.717) is 38.2 Å². The number of carboxylic acids is 1. The van der Waals surface area contributed by atoms with Crippen molar-refractivity contribution >= 4 is 43.2 Å². The van der Waals surface area contributed by atoms with Crippen LogP contribution in [-0.2, 0) is 20.4 Å². The number of aliphatic hydroxyl groups is 1. The third-order valence-electron chi connectivity index (χ3n) is 7.79. The van der Waals surface area contributed by atoms with Crippen LogP contribution in [0.15, 0.2) is 107 Å². The lowest BCUT2D eigenvalue weighted by Gasteiger charge is -2.18. The molecular weight excluding hydrogens is 612 g/mol. The molecule has 0 aliphatic carbocycles. The SMILES string of the molecule is [C-]#[N+]c1sccc1-c1c(-c2cccc(-c3ccc(C(C)(O)C(=O)O)cc3)c2)n(S(=O)(=O)c2ccc(C)cc2)c2ccc(F)cc12. The molecule has 6 aromatic rings. The molecule has 0 radical (unpaired) electrons. The summed E-state index contributed by atoms with van der Waals surface area (Å²) >= 11 is 1.21. The predicted molar refractivity (Wildman–Crippen MR) is 173 cm³/mol. The predicted octanol–water partition coefficient (Wildman–Crippen LogP) is 8.23. The van der Waals surface area contributed by atoms with Crippen molar-refractivity contribution in [3.8, 4) is 33.5 Å². The van der Waals surface area contributed by atoms with Crippen molar-refractivity contribution in [1.82, 2.24) is 3.97 Å². The van der Waals surface area contributed by atoms with Crippen LogP contribution in [0.1, 0.15) is 18.1 Å². The smallest absolute Gasteiger partial charge is 0.340 e. The van der Waals surface area contributed by atoms with Crippen LogP contribution in [0, 0.1) is 19.3 Å². The summed E-state index contributed by atoms with van der Waals surface area (Å²) in [6.45, 7) is 10.8. The molecule has 2 aromatic heterocycles. The average molecular weight is 637 g/mol. The number of aliphatic carboxylic acids is 1. The van der Waals surface area contributed by atoms with Gasteiger partial charge in [0.05, 0.1) is 22.7 Å². The molecule has 0 saturated heterocycles. The highest BCUT2D eigenvalue weighted by Gasteiger charge is 2.32. The number of carbonyl (C=O) groups is 1. The quantitative estimate of drug-likeness (QED) is 0.172. The maximum absolute atomic E-state index is 14.8. The van der Waals surface area contributed by atoms with Crippen LogP contribution in [0.5, 0.6) is 0 Å². The summed E-state index contributed by atoms with van der Waals surface area (Å²) in [5.41, 5.74) is 2.33. The molecular formula is C35H25FN2O5S2. The minimum absolute atomic E-state index is 0.0510. The largest absolute Gasteiger partial charge is 0.479 e. The van der Waals surface area contributed by atoms with Gasteiger partial charge in [0.1, 0.15) is 5.82 Å². The molecule has 10 heteroatoms. The third-order valence-corrected chi connectivity index (χ3v) is 10.3. The van der Waals surface area contributed by atoms with Crippen LogP contribution in [0.2, 0.25) is 0 Å². The molecule has 0 amide bonds. The minimum atomic E-state index is -4.23. The number of aromatic nitrogens is 1. The van der Waals surface area contributed by atoms with Crippen LogP contribution < -0.4 is 0 Å². The van der Waals surface area contributed by atoms with Crippen molar-refractivity contribution in [2.45, 2.75) is 24.3 Å². The second-order valence-electron chi connectivity index (χ2n) is 10.8. The normalized spacial score (nSPS) is 13.0. The summed E-state index contributed by atoms with van der Waals surface area (Å²) in [5.74, 6) is -1.93. The number of thiophene rings is 1. The first-order valence-corrected chi connectivity index (χ1v) is 16.0. The number of halogens is 1. The van der Waals surface area contributed by atoms with Gasteiger partial charge in [0, 0.05) is 22.1 Å². The van der Waals surface area contributed by atoms with E-state index in [1.165, 1.54) is 64.7 Å². The molecule has 4 aromatic carbocycles. The Labute approximate surface area is 263 Å². The summed E-state index contributed by atoms with van der Waals surface area (Å²) in [7, 11) is -4.23. The first kappa shape index (κ1) is 30.0. The van der Waals surface area contributed by atoms with Gasteiger partial charge in [-0.25, -0.2) is 26.4 Å². The highest BCUT2D eigenvalue weighted by atomic mass is 32.2. The van der Waals surface area contributed by atoms with Gasteiger partial charge in [0.15, 0.2) is 5.60 Å². The molecule has 1 atom stereocenters. The lowest BCUT2D eigenvalue weighted by molar-refractivity contribution is -0.157. The second kappa shape index (κ2) is 11.1. The Morgan fingerprint density at radius 2 is 1.62 bits per heavy atom. The second-order valence-corrected chi connectivity index (χ2v) is 13.4. The molecule has 2 heterocycles. The summed E-state index contributed by atoms with van der Waals surface area (Å²) in [6, 6.07) is 25.7. The van der Waals surface area contributed by atoms with Crippen LogP contribution in [0.4, 0.5) is 9.39 Å². The molecule has 0 aliphatic rings. The zero-order valence-corrected chi connectivity index (χ0v) is 25.7. The summed E-state index contributed by atoms with van der Waals surface area (Å²) in [4.78, 5) is 15.3. The number of carboxylic acid groups (broad SMARTS) is 1. The van der Waals surface area contributed by atoms with E-state index in [1.807, 2.05) is 13.0 Å². The minimum Gasteiger partial charge on any atom is -0.479 e. The number of hydrogen-bond acceptors (Lipinski definition) is 5. The fraction of sp³-hybridized carbons (Fsp3) is 0.0857. The lowest BCUT2D eigenvalue weighted by Crippen LogP contribution is -2.31. The van der Waals surface area contributed by atoms with Gasteiger partial charge in [0.2, 0.25) is 5.00 Å². The molecule has 0 bridgehead atoms. The molecule has 7 nitrogen and oxygen atoms in total. The van der Waals surface area contributed by atoms with Gasteiger partial charge >= 0.3 is 5.97 Å². The highest BCUT2D eigenvalue weighted by Crippen LogP contribution is 2.48. The van der Waals surface area contributed by atoms with Gasteiger partial charge in [-0.1, -0.05) is 66.2 Å². The van der Waals surface area contributed by atoms with Crippen molar-refractivity contribution in [2.24, 2.45) is 0 Å². The van der Waals surface area contributed by atoms with Crippen molar-refractivity contribution < 1.29 is 27.8 Å². The summed E-state index contributed by atoms with van der Waals surface area (Å²) in [6.07, 6.45) is 0. The van der Waals surface area contributed by atoms with Crippen molar-refractivity contribution in [1.29, 1.82) is 0 Å².